The minimum absolute atomic E-state index is 0.0562. The molecule has 30 heavy (non-hydrogen) atoms. The second-order valence-corrected chi connectivity index (χ2v) is 9.49. The van der Waals surface area contributed by atoms with Crippen LogP contribution in [0.5, 0.6) is 0 Å². The average molecular weight is 431 g/mol. The molecule has 2 rings (SSSR count). The first-order valence-electron chi connectivity index (χ1n) is 10.1. The molecule has 0 aromatic heterocycles. The SMILES string of the molecule is CCC(NC(=O)CCCN(C)S(=O)(=O)c1ccc(C(C)=O)cc1)c1ccc(C)cc1. The van der Waals surface area contributed by atoms with Crippen molar-refractivity contribution in [3.8, 4) is 0 Å². The molecule has 2 aromatic carbocycles. The number of Topliss-reactive ketones (excluding diaryl/α,β-unsaturated/α-hetero) is 1. The minimum Gasteiger partial charge on any atom is -0.349 e. The van der Waals surface area contributed by atoms with Crippen molar-refractivity contribution in [1.29, 1.82) is 0 Å². The number of hydrogen-bond donors (Lipinski definition) is 1. The number of benzene rings is 2. The minimum atomic E-state index is -3.66. The number of carbonyl (C=O) groups is 2. The second-order valence-electron chi connectivity index (χ2n) is 7.45. The molecule has 1 unspecified atom stereocenters. The number of sulfonamides is 1. The lowest BCUT2D eigenvalue weighted by Gasteiger charge is -2.19. The van der Waals surface area contributed by atoms with Gasteiger partial charge in [0.15, 0.2) is 5.78 Å². The Bertz CT molecular complexity index is 967. The summed E-state index contributed by atoms with van der Waals surface area (Å²) in [5.41, 5.74) is 2.69. The Labute approximate surface area is 179 Å². The first kappa shape index (κ1) is 23.8. The van der Waals surface area contributed by atoms with E-state index in [1.807, 2.05) is 38.1 Å². The number of nitrogens with one attached hydrogen (secondary N) is 1. The van der Waals surface area contributed by atoms with Gasteiger partial charge in [-0.05, 0) is 44.4 Å². The summed E-state index contributed by atoms with van der Waals surface area (Å²) in [6.07, 6.45) is 1.43. The van der Waals surface area contributed by atoms with Gasteiger partial charge in [0.2, 0.25) is 15.9 Å². The molecule has 162 valence electrons. The Kier molecular flexibility index (Phi) is 8.32. The van der Waals surface area contributed by atoms with Crippen molar-refractivity contribution in [3.63, 3.8) is 0 Å². The summed E-state index contributed by atoms with van der Waals surface area (Å²) in [6.45, 7) is 5.70. The summed E-state index contributed by atoms with van der Waals surface area (Å²) in [6, 6.07) is 13.9. The lowest BCUT2D eigenvalue weighted by molar-refractivity contribution is -0.122. The Morgan fingerprint density at radius 2 is 1.63 bits per heavy atom. The largest absolute Gasteiger partial charge is 0.349 e. The molecule has 7 heteroatoms. The number of hydrogen-bond acceptors (Lipinski definition) is 4. The van der Waals surface area contributed by atoms with Crippen LogP contribution in [-0.2, 0) is 14.8 Å². The molecule has 6 nitrogen and oxygen atoms in total. The smallest absolute Gasteiger partial charge is 0.242 e. The molecule has 0 bridgehead atoms. The number of aryl methyl sites for hydroxylation is 1. The lowest BCUT2D eigenvalue weighted by atomic mass is 10.0. The molecule has 0 aliphatic heterocycles. The van der Waals surface area contributed by atoms with Crippen LogP contribution in [0, 0.1) is 6.92 Å². The van der Waals surface area contributed by atoms with Crippen LogP contribution in [0.2, 0.25) is 0 Å². The molecule has 1 atom stereocenters. The summed E-state index contributed by atoms with van der Waals surface area (Å²) in [4.78, 5) is 23.8. The number of nitrogens with zero attached hydrogens (tertiary/aromatic N) is 1. The summed E-state index contributed by atoms with van der Waals surface area (Å²) in [5.74, 6) is -0.214. The van der Waals surface area contributed by atoms with E-state index in [1.165, 1.54) is 48.1 Å². The van der Waals surface area contributed by atoms with Gasteiger partial charge in [-0.15, -0.1) is 0 Å². The Morgan fingerprint density at radius 3 is 2.17 bits per heavy atom. The van der Waals surface area contributed by atoms with Crippen molar-refractivity contribution in [1.82, 2.24) is 9.62 Å². The van der Waals surface area contributed by atoms with Crippen molar-refractivity contribution in [2.45, 2.75) is 51.0 Å². The van der Waals surface area contributed by atoms with E-state index < -0.39 is 10.0 Å². The van der Waals surface area contributed by atoms with E-state index in [0.29, 0.717) is 12.0 Å². The molecule has 1 N–H and O–H groups in total. The van der Waals surface area contributed by atoms with Crippen molar-refractivity contribution >= 4 is 21.7 Å². The standard InChI is InChI=1S/C23H30N2O4S/c1-5-22(20-10-8-17(2)9-11-20)24-23(27)7-6-16-25(4)30(28,29)21-14-12-19(13-15-21)18(3)26/h8-15,22H,5-7,16H2,1-4H3,(H,24,27). The third-order valence-electron chi connectivity index (χ3n) is 5.07. The lowest BCUT2D eigenvalue weighted by Crippen LogP contribution is -2.31. The van der Waals surface area contributed by atoms with Gasteiger partial charge in [-0.3, -0.25) is 9.59 Å². The molecule has 0 heterocycles. The van der Waals surface area contributed by atoms with Gasteiger partial charge in [-0.2, -0.15) is 0 Å². The molecule has 0 saturated carbocycles. The van der Waals surface area contributed by atoms with Crippen molar-refractivity contribution < 1.29 is 18.0 Å². The van der Waals surface area contributed by atoms with Crippen LogP contribution >= 0.6 is 0 Å². The van der Waals surface area contributed by atoms with Gasteiger partial charge in [0.25, 0.3) is 0 Å². The number of carbonyl (C=O) groups excluding carboxylic acids is 2. The average Bonchev–Trinajstić information content (AvgIpc) is 2.72. The summed E-state index contributed by atoms with van der Waals surface area (Å²) < 4.78 is 26.6. The molecule has 2 aromatic rings. The van der Waals surface area contributed by atoms with Gasteiger partial charge >= 0.3 is 0 Å². The van der Waals surface area contributed by atoms with Crippen LogP contribution in [0.25, 0.3) is 0 Å². The molecular formula is C23H30N2O4S. The Hall–Kier alpha value is -2.51. The zero-order valence-corrected chi connectivity index (χ0v) is 18.8. The van der Waals surface area contributed by atoms with Crippen molar-refractivity contribution in [3.05, 3.63) is 65.2 Å². The fourth-order valence-electron chi connectivity index (χ4n) is 3.11. The zero-order valence-electron chi connectivity index (χ0n) is 18.0. The molecule has 0 spiro atoms. The fraction of sp³-hybridized carbons (Fsp3) is 0.391. The van der Waals surface area contributed by atoms with E-state index in [4.69, 9.17) is 0 Å². The maximum Gasteiger partial charge on any atom is 0.242 e. The number of amides is 1. The third kappa shape index (κ3) is 6.24. The van der Waals surface area contributed by atoms with E-state index in [9.17, 15) is 18.0 Å². The Morgan fingerprint density at radius 1 is 1.03 bits per heavy atom. The quantitative estimate of drug-likeness (QED) is 0.580. The monoisotopic (exact) mass is 430 g/mol. The summed E-state index contributed by atoms with van der Waals surface area (Å²) >= 11 is 0. The first-order valence-corrected chi connectivity index (χ1v) is 11.5. The van der Waals surface area contributed by atoms with Gasteiger partial charge in [-0.25, -0.2) is 12.7 Å². The molecule has 0 fully saturated rings. The third-order valence-corrected chi connectivity index (χ3v) is 6.94. The maximum absolute atomic E-state index is 12.7. The van der Waals surface area contributed by atoms with Gasteiger partial charge in [0.05, 0.1) is 10.9 Å². The summed E-state index contributed by atoms with van der Waals surface area (Å²) in [7, 11) is -2.17. The van der Waals surface area contributed by atoms with Gasteiger partial charge < -0.3 is 5.32 Å². The van der Waals surface area contributed by atoms with Crippen LogP contribution in [0.15, 0.2) is 53.4 Å². The highest BCUT2D eigenvalue weighted by atomic mass is 32.2. The van der Waals surface area contributed by atoms with Gasteiger partial charge in [0.1, 0.15) is 0 Å². The predicted octanol–water partition coefficient (Wildman–Crippen LogP) is 3.87. The van der Waals surface area contributed by atoms with E-state index in [1.54, 1.807) is 0 Å². The van der Waals surface area contributed by atoms with E-state index in [-0.39, 0.29) is 35.6 Å². The van der Waals surface area contributed by atoms with Crippen LogP contribution in [0.4, 0.5) is 0 Å². The molecular weight excluding hydrogens is 400 g/mol. The normalized spacial score (nSPS) is 12.6. The predicted molar refractivity (Wildman–Crippen MR) is 118 cm³/mol. The zero-order chi connectivity index (χ0) is 22.3. The van der Waals surface area contributed by atoms with Crippen LogP contribution < -0.4 is 5.32 Å². The highest BCUT2D eigenvalue weighted by Crippen LogP contribution is 2.18. The summed E-state index contributed by atoms with van der Waals surface area (Å²) in [5, 5.41) is 3.02. The number of rotatable bonds is 10. The van der Waals surface area contributed by atoms with Crippen molar-refractivity contribution in [2.75, 3.05) is 13.6 Å². The van der Waals surface area contributed by atoms with Crippen LogP contribution in [0.1, 0.15) is 60.6 Å². The fourth-order valence-corrected chi connectivity index (χ4v) is 4.32. The first-order chi connectivity index (χ1) is 14.1. The van der Waals surface area contributed by atoms with Crippen LogP contribution in [-0.4, -0.2) is 38.0 Å². The van der Waals surface area contributed by atoms with Crippen molar-refractivity contribution in [2.24, 2.45) is 0 Å². The Balaban J connectivity index is 1.89. The van der Waals surface area contributed by atoms with E-state index >= 15 is 0 Å². The number of ketones is 1. The molecule has 0 saturated heterocycles. The topological polar surface area (TPSA) is 83.6 Å². The highest BCUT2D eigenvalue weighted by Gasteiger charge is 2.21. The van der Waals surface area contributed by atoms with Gasteiger partial charge in [-0.1, -0.05) is 48.9 Å². The van der Waals surface area contributed by atoms with Crippen LogP contribution in [0.3, 0.4) is 0 Å². The highest BCUT2D eigenvalue weighted by molar-refractivity contribution is 7.89. The van der Waals surface area contributed by atoms with Gasteiger partial charge in [0, 0.05) is 25.6 Å². The maximum atomic E-state index is 12.7. The second kappa shape index (κ2) is 10.5. The molecule has 0 aliphatic rings. The molecule has 1 amide bonds. The molecule has 0 aliphatic carbocycles. The van der Waals surface area contributed by atoms with E-state index in [2.05, 4.69) is 5.32 Å². The van der Waals surface area contributed by atoms with E-state index in [0.717, 1.165) is 12.0 Å². The molecule has 0 radical (unpaired) electrons.